The van der Waals surface area contributed by atoms with Crippen molar-refractivity contribution in [3.05, 3.63) is 29.3 Å². The number of carbonyl (C=O) groups is 1. The van der Waals surface area contributed by atoms with Gasteiger partial charge in [-0.25, -0.2) is 4.79 Å². The summed E-state index contributed by atoms with van der Waals surface area (Å²) in [6, 6.07) is 5.26. The standard InChI is InChI=1S/C12H18B3NO5/c1-12(2,3)18-11(17)10-5-4-9(6-8(10)7-16)15-20-13-19-14-21-15/h4-6,13-14H,7,16H2,1-3H3. The molecule has 1 aliphatic rings. The fraction of sp³-hybridized carbons (Fsp3) is 0.417. The first-order chi connectivity index (χ1) is 9.90. The van der Waals surface area contributed by atoms with Crippen molar-refractivity contribution < 1.29 is 23.2 Å². The highest BCUT2D eigenvalue weighted by molar-refractivity contribution is 6.71. The van der Waals surface area contributed by atoms with Gasteiger partial charge in [0.15, 0.2) is 0 Å². The number of esters is 1. The minimum absolute atomic E-state index is 0.177. The van der Waals surface area contributed by atoms with Crippen LogP contribution in [0.3, 0.4) is 0 Å². The van der Waals surface area contributed by atoms with Crippen molar-refractivity contribution in [2.24, 2.45) is 5.73 Å². The minimum atomic E-state index is -0.547. The Hall–Kier alpha value is -1.28. The molecule has 1 heterocycles. The van der Waals surface area contributed by atoms with Gasteiger partial charge in [-0.05, 0) is 37.9 Å². The van der Waals surface area contributed by atoms with E-state index in [4.69, 9.17) is 24.2 Å². The maximum absolute atomic E-state index is 12.2. The summed E-state index contributed by atoms with van der Waals surface area (Å²) < 4.78 is 21.0. The first-order valence-corrected chi connectivity index (χ1v) is 6.78. The average molecular weight is 289 g/mol. The van der Waals surface area contributed by atoms with Gasteiger partial charge in [0, 0.05) is 6.54 Å². The molecule has 2 rings (SSSR count). The van der Waals surface area contributed by atoms with Gasteiger partial charge in [0.1, 0.15) is 5.60 Å². The predicted octanol–water partition coefficient (Wildman–Crippen LogP) is -0.608. The van der Waals surface area contributed by atoms with Crippen LogP contribution in [0.1, 0.15) is 36.7 Å². The molecule has 1 aromatic rings. The molecule has 0 aliphatic carbocycles. The highest BCUT2D eigenvalue weighted by Crippen LogP contribution is 2.15. The Morgan fingerprint density at radius 3 is 2.57 bits per heavy atom. The molecule has 6 nitrogen and oxygen atoms in total. The van der Waals surface area contributed by atoms with Gasteiger partial charge in [-0.15, -0.1) is 0 Å². The topological polar surface area (TPSA) is 80.0 Å². The van der Waals surface area contributed by atoms with Crippen LogP contribution in [0.25, 0.3) is 0 Å². The van der Waals surface area contributed by atoms with E-state index >= 15 is 0 Å². The van der Waals surface area contributed by atoms with E-state index in [-0.39, 0.29) is 27.9 Å². The molecule has 1 aliphatic heterocycles. The van der Waals surface area contributed by atoms with E-state index in [1.807, 2.05) is 20.8 Å². The Bertz CT molecular complexity index is 514. The van der Waals surface area contributed by atoms with Crippen LogP contribution in [-0.4, -0.2) is 34.1 Å². The van der Waals surface area contributed by atoms with Crippen molar-refractivity contribution in [2.75, 3.05) is 0 Å². The third-order valence-corrected chi connectivity index (χ3v) is 2.85. The van der Waals surface area contributed by atoms with Crippen LogP contribution in [0.5, 0.6) is 0 Å². The lowest BCUT2D eigenvalue weighted by atomic mass is 9.74. The van der Waals surface area contributed by atoms with Gasteiger partial charge in [0.05, 0.1) is 5.56 Å². The smallest absolute Gasteiger partial charge is 0.458 e. The van der Waals surface area contributed by atoms with Crippen LogP contribution >= 0.6 is 0 Å². The van der Waals surface area contributed by atoms with Crippen LogP contribution in [0.4, 0.5) is 0 Å². The van der Waals surface area contributed by atoms with Crippen molar-refractivity contribution in [1.82, 2.24) is 0 Å². The molecule has 0 unspecified atom stereocenters. The lowest BCUT2D eigenvalue weighted by Gasteiger charge is -2.22. The molecule has 0 atom stereocenters. The molecule has 1 saturated heterocycles. The van der Waals surface area contributed by atoms with Crippen LogP contribution in [0, 0.1) is 0 Å². The Morgan fingerprint density at radius 2 is 2.00 bits per heavy atom. The van der Waals surface area contributed by atoms with Crippen LogP contribution in [-0.2, 0) is 25.0 Å². The molecule has 1 fully saturated rings. The highest BCUT2D eigenvalue weighted by Gasteiger charge is 2.27. The Labute approximate surface area is 126 Å². The van der Waals surface area contributed by atoms with Gasteiger partial charge in [0.2, 0.25) is 0 Å². The molecule has 0 aromatic heterocycles. The molecule has 9 heteroatoms. The maximum Gasteiger partial charge on any atom is 0.466 e. The molecule has 0 radical (unpaired) electrons. The average Bonchev–Trinajstić information content (AvgIpc) is 2.45. The largest absolute Gasteiger partial charge is 0.466 e. The van der Waals surface area contributed by atoms with Gasteiger partial charge in [-0.3, -0.25) is 0 Å². The fourth-order valence-corrected chi connectivity index (χ4v) is 1.96. The summed E-state index contributed by atoms with van der Waals surface area (Å²) in [6.45, 7) is 5.70. The van der Waals surface area contributed by atoms with Gasteiger partial charge < -0.3 is 24.2 Å². The number of nitrogens with two attached hydrogens (primary N) is 1. The Morgan fingerprint density at radius 1 is 1.33 bits per heavy atom. The highest BCUT2D eigenvalue weighted by atomic mass is 16.7. The van der Waals surface area contributed by atoms with Gasteiger partial charge in [0.25, 0.3) is 0 Å². The first kappa shape index (κ1) is 16.1. The van der Waals surface area contributed by atoms with E-state index in [0.717, 1.165) is 5.46 Å². The summed E-state index contributed by atoms with van der Waals surface area (Å²) in [6.07, 6.45) is 0. The zero-order valence-corrected chi connectivity index (χ0v) is 12.5. The number of hydrogen-bond donors (Lipinski definition) is 1. The Kier molecular flexibility index (Phi) is 5.10. The van der Waals surface area contributed by atoms with Crippen molar-refractivity contribution >= 4 is 33.9 Å². The van der Waals surface area contributed by atoms with E-state index in [1.165, 1.54) is 0 Å². The lowest BCUT2D eigenvalue weighted by Crippen LogP contribution is -2.44. The van der Waals surface area contributed by atoms with E-state index in [0.29, 0.717) is 11.1 Å². The van der Waals surface area contributed by atoms with E-state index in [1.54, 1.807) is 18.2 Å². The van der Waals surface area contributed by atoms with Gasteiger partial charge in [-0.2, -0.15) is 0 Å². The lowest BCUT2D eigenvalue weighted by molar-refractivity contribution is 0.00683. The van der Waals surface area contributed by atoms with Crippen molar-refractivity contribution in [3.63, 3.8) is 0 Å². The SMILES string of the molecule is CC(C)(C)OC(=O)c1ccc(B2OBOBO2)cc1CN. The van der Waals surface area contributed by atoms with E-state index in [2.05, 4.69) is 0 Å². The summed E-state index contributed by atoms with van der Waals surface area (Å²) in [5, 5.41) is 0. The van der Waals surface area contributed by atoms with E-state index in [9.17, 15) is 4.79 Å². The summed E-state index contributed by atoms with van der Waals surface area (Å²) in [5.74, 6) is -0.386. The molecule has 0 amide bonds. The van der Waals surface area contributed by atoms with Crippen molar-refractivity contribution in [1.29, 1.82) is 0 Å². The zero-order valence-electron chi connectivity index (χ0n) is 12.5. The van der Waals surface area contributed by atoms with Crippen LogP contribution < -0.4 is 11.2 Å². The second kappa shape index (κ2) is 6.66. The molecular weight excluding hydrogens is 271 g/mol. The number of rotatable bonds is 3. The third kappa shape index (κ3) is 4.34. The molecule has 1 aromatic carbocycles. The number of hydrogen-bond acceptors (Lipinski definition) is 6. The zero-order chi connectivity index (χ0) is 15.5. The van der Waals surface area contributed by atoms with E-state index < -0.39 is 12.7 Å². The number of carbonyl (C=O) groups excluding carboxylic acids is 1. The monoisotopic (exact) mass is 289 g/mol. The molecule has 0 spiro atoms. The number of benzene rings is 1. The molecule has 0 bridgehead atoms. The molecule has 0 saturated carbocycles. The molecule has 2 N–H and O–H groups in total. The quantitative estimate of drug-likeness (QED) is 0.590. The van der Waals surface area contributed by atoms with Crippen LogP contribution in [0.15, 0.2) is 18.2 Å². The number of ether oxygens (including phenoxy) is 1. The minimum Gasteiger partial charge on any atom is -0.458 e. The normalized spacial score (nSPS) is 15.1. The summed E-state index contributed by atoms with van der Waals surface area (Å²) in [5.41, 5.74) is 7.14. The predicted molar refractivity (Wildman–Crippen MR) is 82.4 cm³/mol. The molecule has 21 heavy (non-hydrogen) atoms. The van der Waals surface area contributed by atoms with Crippen LogP contribution in [0.2, 0.25) is 0 Å². The second-order valence-electron chi connectivity index (χ2n) is 5.73. The summed E-state index contributed by atoms with van der Waals surface area (Å²) in [4.78, 5) is 12.2. The van der Waals surface area contributed by atoms with Crippen molar-refractivity contribution in [3.8, 4) is 0 Å². The van der Waals surface area contributed by atoms with Gasteiger partial charge in [-0.1, -0.05) is 12.1 Å². The Balaban J connectivity index is 2.21. The second-order valence-corrected chi connectivity index (χ2v) is 5.73. The third-order valence-electron chi connectivity index (χ3n) is 2.85. The summed E-state index contributed by atoms with van der Waals surface area (Å²) >= 11 is 0. The van der Waals surface area contributed by atoms with Gasteiger partial charge >= 0.3 is 28.5 Å². The summed E-state index contributed by atoms with van der Waals surface area (Å²) in [7, 11) is -0.149. The molecule has 110 valence electrons. The van der Waals surface area contributed by atoms with Crippen molar-refractivity contribution in [2.45, 2.75) is 32.9 Å². The fourth-order valence-electron chi connectivity index (χ4n) is 1.96. The molecular formula is C12H18B3NO5. The first-order valence-electron chi connectivity index (χ1n) is 6.78. The maximum atomic E-state index is 12.2.